The molecule has 1 aliphatic carbocycles. The van der Waals surface area contributed by atoms with Gasteiger partial charge in [0.15, 0.2) is 5.78 Å². The maximum absolute atomic E-state index is 11.2. The highest BCUT2D eigenvalue weighted by atomic mass is 16.5. The first-order chi connectivity index (χ1) is 5.29. The molecule has 0 radical (unpaired) electrons. The lowest BCUT2D eigenvalue weighted by Gasteiger charge is -1.98. The maximum Gasteiger partial charge on any atom is 0.161 e. The van der Waals surface area contributed by atoms with Crippen LogP contribution in [-0.4, -0.2) is 25.5 Å². The van der Waals surface area contributed by atoms with Crippen LogP contribution in [0.1, 0.15) is 13.3 Å². The molecule has 2 atom stereocenters. The maximum atomic E-state index is 11.2. The number of Topliss-reactive ketones (excluding diaryl/α,β-unsaturated/α-hetero) is 1. The molecule has 0 aromatic rings. The topological polar surface area (TPSA) is 52.3 Å². The Morgan fingerprint density at radius 3 is 2.91 bits per heavy atom. The largest absolute Gasteiger partial charge is 0.374 e. The first-order valence-electron chi connectivity index (χ1n) is 4.10. The van der Waals surface area contributed by atoms with E-state index in [1.807, 2.05) is 6.92 Å². The Morgan fingerprint density at radius 1 is 1.73 bits per heavy atom. The van der Waals surface area contributed by atoms with Crippen molar-refractivity contribution in [3.8, 4) is 0 Å². The van der Waals surface area contributed by atoms with Crippen LogP contribution < -0.4 is 5.73 Å². The van der Waals surface area contributed by atoms with E-state index in [2.05, 4.69) is 0 Å². The van der Waals surface area contributed by atoms with Crippen molar-refractivity contribution >= 4 is 5.78 Å². The lowest BCUT2D eigenvalue weighted by Crippen LogP contribution is -2.14. The Bertz CT molecular complexity index is 147. The molecule has 1 fully saturated rings. The molecule has 0 aromatic heterocycles. The molecule has 2 N–H and O–H groups in total. The van der Waals surface area contributed by atoms with Gasteiger partial charge < -0.3 is 10.5 Å². The van der Waals surface area contributed by atoms with Gasteiger partial charge in [0.1, 0.15) is 6.61 Å². The fourth-order valence-electron chi connectivity index (χ4n) is 1.21. The Labute approximate surface area is 66.9 Å². The highest BCUT2D eigenvalue weighted by Crippen LogP contribution is 2.37. The van der Waals surface area contributed by atoms with Gasteiger partial charge in [-0.3, -0.25) is 4.79 Å². The van der Waals surface area contributed by atoms with Crippen molar-refractivity contribution in [2.24, 2.45) is 17.6 Å². The summed E-state index contributed by atoms with van der Waals surface area (Å²) >= 11 is 0. The number of carbonyl (C=O) groups is 1. The van der Waals surface area contributed by atoms with E-state index in [-0.39, 0.29) is 18.3 Å². The van der Waals surface area contributed by atoms with Gasteiger partial charge >= 0.3 is 0 Å². The molecule has 0 bridgehead atoms. The predicted octanol–water partition coefficient (Wildman–Crippen LogP) is 0.187. The van der Waals surface area contributed by atoms with Gasteiger partial charge in [-0.05, 0) is 25.8 Å². The molecule has 0 spiro atoms. The number of ketones is 1. The normalized spacial score (nSPS) is 28.5. The molecule has 11 heavy (non-hydrogen) atoms. The summed E-state index contributed by atoms with van der Waals surface area (Å²) in [6, 6.07) is 0. The van der Waals surface area contributed by atoms with Crippen LogP contribution in [0.15, 0.2) is 0 Å². The summed E-state index contributed by atoms with van der Waals surface area (Å²) in [7, 11) is 0. The molecule has 3 nitrogen and oxygen atoms in total. The Morgan fingerprint density at radius 2 is 2.45 bits per heavy atom. The van der Waals surface area contributed by atoms with Crippen LogP contribution in [0.3, 0.4) is 0 Å². The van der Waals surface area contributed by atoms with E-state index < -0.39 is 0 Å². The Hall–Kier alpha value is -0.410. The number of hydrogen-bond acceptors (Lipinski definition) is 3. The standard InChI is InChI=1S/C8H15NO2/c1-2-11-5-8(10)7-3-6(7)4-9/h6-7H,2-5,9H2,1H3/t6-,7-/m1/s1. The zero-order chi connectivity index (χ0) is 8.27. The van der Waals surface area contributed by atoms with Crippen molar-refractivity contribution in [1.82, 2.24) is 0 Å². The minimum absolute atomic E-state index is 0.214. The van der Waals surface area contributed by atoms with Gasteiger partial charge in [0.05, 0.1) is 0 Å². The van der Waals surface area contributed by atoms with E-state index in [0.29, 0.717) is 19.1 Å². The molecule has 1 saturated carbocycles. The fraction of sp³-hybridized carbons (Fsp3) is 0.875. The number of hydrogen-bond donors (Lipinski definition) is 1. The second-order valence-corrected chi connectivity index (χ2v) is 2.94. The van der Waals surface area contributed by atoms with Gasteiger partial charge in [0, 0.05) is 12.5 Å². The second kappa shape index (κ2) is 3.83. The zero-order valence-electron chi connectivity index (χ0n) is 6.88. The highest BCUT2D eigenvalue weighted by molar-refractivity contribution is 5.84. The third kappa shape index (κ3) is 2.27. The number of nitrogens with two attached hydrogens (primary N) is 1. The van der Waals surface area contributed by atoms with E-state index >= 15 is 0 Å². The van der Waals surface area contributed by atoms with Crippen LogP contribution in [0.2, 0.25) is 0 Å². The lowest BCUT2D eigenvalue weighted by atomic mass is 10.2. The lowest BCUT2D eigenvalue weighted by molar-refractivity contribution is -0.124. The van der Waals surface area contributed by atoms with E-state index in [1.165, 1.54) is 0 Å². The molecule has 0 aliphatic heterocycles. The van der Waals surface area contributed by atoms with Crippen molar-refractivity contribution < 1.29 is 9.53 Å². The van der Waals surface area contributed by atoms with E-state index in [0.717, 1.165) is 6.42 Å². The summed E-state index contributed by atoms with van der Waals surface area (Å²) in [5.41, 5.74) is 5.40. The van der Waals surface area contributed by atoms with Gasteiger partial charge in [-0.2, -0.15) is 0 Å². The first-order valence-corrected chi connectivity index (χ1v) is 4.10. The molecule has 0 aromatic carbocycles. The third-order valence-electron chi connectivity index (χ3n) is 2.09. The molecule has 0 heterocycles. The molecule has 3 heteroatoms. The Balaban J connectivity index is 2.12. The first kappa shape index (κ1) is 8.68. The summed E-state index contributed by atoms with van der Waals surface area (Å²) in [5.74, 6) is 0.886. The number of rotatable bonds is 5. The van der Waals surface area contributed by atoms with Gasteiger partial charge in [-0.25, -0.2) is 0 Å². The van der Waals surface area contributed by atoms with Crippen LogP contribution in [0.25, 0.3) is 0 Å². The van der Waals surface area contributed by atoms with Crippen LogP contribution in [0.4, 0.5) is 0 Å². The average molecular weight is 157 g/mol. The molecular weight excluding hydrogens is 142 g/mol. The average Bonchev–Trinajstić information content (AvgIpc) is 2.78. The van der Waals surface area contributed by atoms with Gasteiger partial charge in [-0.15, -0.1) is 0 Å². The van der Waals surface area contributed by atoms with Gasteiger partial charge in [0.2, 0.25) is 0 Å². The van der Waals surface area contributed by atoms with Crippen LogP contribution in [-0.2, 0) is 9.53 Å². The second-order valence-electron chi connectivity index (χ2n) is 2.94. The van der Waals surface area contributed by atoms with E-state index in [4.69, 9.17) is 10.5 Å². The SMILES string of the molecule is CCOCC(=O)[C@@H]1C[C@@H]1CN. The van der Waals surface area contributed by atoms with Gasteiger partial charge in [-0.1, -0.05) is 0 Å². The van der Waals surface area contributed by atoms with Crippen molar-refractivity contribution in [3.63, 3.8) is 0 Å². The molecule has 1 aliphatic rings. The summed E-state index contributed by atoms with van der Waals surface area (Å²) in [6.07, 6.45) is 0.975. The minimum Gasteiger partial charge on any atom is -0.374 e. The quantitative estimate of drug-likeness (QED) is 0.619. The van der Waals surface area contributed by atoms with Crippen LogP contribution in [0, 0.1) is 11.8 Å². The van der Waals surface area contributed by atoms with E-state index in [9.17, 15) is 4.79 Å². The molecule has 0 unspecified atom stereocenters. The molecular formula is C8H15NO2. The molecule has 1 rings (SSSR count). The summed E-state index contributed by atoms with van der Waals surface area (Å²) < 4.78 is 5.00. The third-order valence-corrected chi connectivity index (χ3v) is 2.09. The smallest absolute Gasteiger partial charge is 0.161 e. The molecule has 0 amide bonds. The van der Waals surface area contributed by atoms with Crippen molar-refractivity contribution in [2.75, 3.05) is 19.8 Å². The Kier molecular flexibility index (Phi) is 3.02. The number of carbonyl (C=O) groups excluding carboxylic acids is 1. The minimum atomic E-state index is 0.214. The molecule has 64 valence electrons. The monoisotopic (exact) mass is 157 g/mol. The van der Waals surface area contributed by atoms with Crippen LogP contribution in [0.5, 0.6) is 0 Å². The highest BCUT2D eigenvalue weighted by Gasteiger charge is 2.41. The van der Waals surface area contributed by atoms with E-state index in [1.54, 1.807) is 0 Å². The summed E-state index contributed by atoms with van der Waals surface area (Å²) in [5, 5.41) is 0. The fourth-order valence-corrected chi connectivity index (χ4v) is 1.21. The van der Waals surface area contributed by atoms with Crippen molar-refractivity contribution in [1.29, 1.82) is 0 Å². The summed E-state index contributed by atoms with van der Waals surface area (Å²) in [4.78, 5) is 11.2. The number of ether oxygens (including phenoxy) is 1. The summed E-state index contributed by atoms with van der Waals surface area (Å²) in [6.45, 7) is 3.42. The van der Waals surface area contributed by atoms with Crippen molar-refractivity contribution in [3.05, 3.63) is 0 Å². The zero-order valence-corrected chi connectivity index (χ0v) is 6.88. The van der Waals surface area contributed by atoms with Crippen molar-refractivity contribution in [2.45, 2.75) is 13.3 Å². The van der Waals surface area contributed by atoms with Crippen LogP contribution >= 0.6 is 0 Å². The molecule has 0 saturated heterocycles. The van der Waals surface area contributed by atoms with Gasteiger partial charge in [0.25, 0.3) is 0 Å². The predicted molar refractivity (Wildman–Crippen MR) is 42.2 cm³/mol.